The van der Waals surface area contributed by atoms with Gasteiger partial charge >= 0.3 is 0 Å². The fraction of sp³-hybridized carbons (Fsp3) is 0.182. The summed E-state index contributed by atoms with van der Waals surface area (Å²) in [6.45, 7) is 9.38. The molecule has 253 valence electrons. The predicted molar refractivity (Wildman–Crippen MR) is 212 cm³/mol. The molecule has 0 spiro atoms. The summed E-state index contributed by atoms with van der Waals surface area (Å²) in [5.41, 5.74) is 14.0. The van der Waals surface area contributed by atoms with Crippen molar-refractivity contribution in [2.45, 2.75) is 38.8 Å². The van der Waals surface area contributed by atoms with Gasteiger partial charge in [0, 0.05) is 46.0 Å². The van der Waals surface area contributed by atoms with Gasteiger partial charge in [-0.05, 0) is 86.3 Å². The molecule has 3 aliphatic rings. The number of fused-ring (bicyclic) bond motifs is 6. The molecule has 0 amide bonds. The first-order valence-electron chi connectivity index (χ1n) is 17.7. The van der Waals surface area contributed by atoms with E-state index in [0.29, 0.717) is 25.0 Å². The Labute approximate surface area is 304 Å². The molecule has 6 aromatic rings. The highest BCUT2D eigenvalue weighted by atomic mass is 16.5. The lowest BCUT2D eigenvalue weighted by atomic mass is 9.59. The average Bonchev–Trinajstić information content (AvgIpc) is 3.72. The lowest BCUT2D eigenvalue weighted by Gasteiger charge is -2.23. The normalized spacial score (nSPS) is 16.3. The maximum atomic E-state index is 5.84. The molecule has 0 unspecified atom stereocenters. The van der Waals surface area contributed by atoms with Gasteiger partial charge in [0.25, 0.3) is 0 Å². The molecular weight excluding hydrogens is 641 g/mol. The molecule has 0 atom stereocenters. The molecule has 1 radical (unpaired) electrons. The molecule has 4 aromatic carbocycles. The standard InChI is InChI=1S/C44H37BN5O2/c1-43(2)25-51-41(49-43)39-19-15-29(23-46-39)27-13-17-37-33(21-27)31-9-5-7-11-35(31)45-36-12-8-6-10-32(36)34-22-28(14-18-38(34)48-37)30-16-20-40(47-24-30)42-50-44(3,4)26-52-42/h5-24,48H,25-26H2,1-4H3. The quantitative estimate of drug-likeness (QED) is 0.191. The summed E-state index contributed by atoms with van der Waals surface area (Å²) < 4.78 is 11.7. The van der Waals surface area contributed by atoms with E-state index >= 15 is 0 Å². The number of hydrogen-bond donors (Lipinski definition) is 1. The van der Waals surface area contributed by atoms with Crippen LogP contribution in [0.2, 0.25) is 0 Å². The zero-order chi connectivity index (χ0) is 35.5. The van der Waals surface area contributed by atoms with Gasteiger partial charge in [0.05, 0.1) is 11.1 Å². The average molecular weight is 679 g/mol. The number of hydrogen-bond acceptors (Lipinski definition) is 7. The Hall–Kier alpha value is -6.02. The first kappa shape index (κ1) is 31.9. The number of rotatable bonds is 4. The maximum Gasteiger partial charge on any atom is 0.236 e. The van der Waals surface area contributed by atoms with Crippen LogP contribution >= 0.6 is 0 Å². The van der Waals surface area contributed by atoms with Crippen LogP contribution in [-0.2, 0) is 9.47 Å². The first-order chi connectivity index (χ1) is 25.2. The molecule has 0 fully saturated rings. The van der Waals surface area contributed by atoms with Crippen molar-refractivity contribution in [1.29, 1.82) is 0 Å². The van der Waals surface area contributed by atoms with Gasteiger partial charge in [-0.1, -0.05) is 83.7 Å². The van der Waals surface area contributed by atoms with E-state index in [4.69, 9.17) is 29.4 Å². The predicted octanol–water partition coefficient (Wildman–Crippen LogP) is 7.97. The molecule has 3 aliphatic heterocycles. The summed E-state index contributed by atoms with van der Waals surface area (Å²) in [5.74, 6) is 1.20. The van der Waals surface area contributed by atoms with E-state index < -0.39 is 0 Å². The van der Waals surface area contributed by atoms with Gasteiger partial charge in [0.2, 0.25) is 11.8 Å². The van der Waals surface area contributed by atoms with Crippen LogP contribution < -0.4 is 16.2 Å². The van der Waals surface area contributed by atoms with Gasteiger partial charge < -0.3 is 14.8 Å². The molecule has 52 heavy (non-hydrogen) atoms. The number of nitrogens with one attached hydrogen (secondary N) is 1. The van der Waals surface area contributed by atoms with E-state index in [1.165, 1.54) is 0 Å². The molecule has 2 aromatic heterocycles. The van der Waals surface area contributed by atoms with Crippen molar-refractivity contribution < 1.29 is 9.47 Å². The summed E-state index contributed by atoms with van der Waals surface area (Å²) in [7, 11) is 2.29. The third-order valence-corrected chi connectivity index (χ3v) is 9.69. The molecule has 0 saturated carbocycles. The van der Waals surface area contributed by atoms with Crippen LogP contribution in [0.25, 0.3) is 44.5 Å². The fourth-order valence-corrected chi connectivity index (χ4v) is 6.97. The third kappa shape index (κ3) is 6.04. The summed E-state index contributed by atoms with van der Waals surface area (Å²) >= 11 is 0. The smallest absolute Gasteiger partial charge is 0.236 e. The Kier molecular flexibility index (Phi) is 7.58. The van der Waals surface area contributed by atoms with Crippen LogP contribution in [0.3, 0.4) is 0 Å². The molecule has 7 nitrogen and oxygen atoms in total. The second-order valence-electron chi connectivity index (χ2n) is 14.9. The van der Waals surface area contributed by atoms with Crippen LogP contribution in [0.5, 0.6) is 0 Å². The van der Waals surface area contributed by atoms with Gasteiger partial charge in [0.1, 0.15) is 24.6 Å². The van der Waals surface area contributed by atoms with Crippen molar-refractivity contribution >= 4 is 41.4 Å². The minimum absolute atomic E-state index is 0.234. The van der Waals surface area contributed by atoms with E-state index in [1.54, 1.807) is 0 Å². The fourth-order valence-electron chi connectivity index (χ4n) is 6.97. The molecular formula is C44H37BN5O2. The van der Waals surface area contributed by atoms with E-state index in [2.05, 4.69) is 137 Å². The van der Waals surface area contributed by atoms with Crippen molar-refractivity contribution in [3.8, 4) is 44.5 Å². The zero-order valence-corrected chi connectivity index (χ0v) is 29.6. The molecule has 9 rings (SSSR count). The van der Waals surface area contributed by atoms with Gasteiger partial charge in [-0.2, -0.15) is 0 Å². The van der Waals surface area contributed by atoms with Crippen LogP contribution in [-0.4, -0.2) is 53.3 Å². The molecule has 0 aliphatic carbocycles. The summed E-state index contributed by atoms with van der Waals surface area (Å²) in [6, 6.07) is 38.5. The Morgan fingerprint density at radius 3 is 1.37 bits per heavy atom. The van der Waals surface area contributed by atoms with Crippen molar-refractivity contribution in [2.24, 2.45) is 9.98 Å². The minimum atomic E-state index is -0.234. The Bertz CT molecular complexity index is 2250. The number of ether oxygens (including phenoxy) is 2. The van der Waals surface area contributed by atoms with E-state index in [-0.39, 0.29) is 11.1 Å². The number of nitrogens with zero attached hydrogens (tertiary/aromatic N) is 4. The maximum absolute atomic E-state index is 5.84. The largest absolute Gasteiger partial charge is 0.474 e. The highest BCUT2D eigenvalue weighted by Crippen LogP contribution is 2.39. The molecule has 0 bridgehead atoms. The lowest BCUT2D eigenvalue weighted by Crippen LogP contribution is -2.30. The Morgan fingerprint density at radius 2 is 0.962 bits per heavy atom. The molecule has 8 heteroatoms. The topological polar surface area (TPSA) is 81.0 Å². The van der Waals surface area contributed by atoms with Crippen LogP contribution in [0, 0.1) is 0 Å². The van der Waals surface area contributed by atoms with E-state index in [1.807, 2.05) is 24.5 Å². The minimum Gasteiger partial charge on any atom is -0.474 e. The zero-order valence-electron chi connectivity index (χ0n) is 29.6. The second kappa shape index (κ2) is 12.3. The van der Waals surface area contributed by atoms with E-state index in [9.17, 15) is 0 Å². The lowest BCUT2D eigenvalue weighted by molar-refractivity contribution is 0.279. The number of aromatic nitrogens is 2. The van der Waals surface area contributed by atoms with Crippen LogP contribution in [0.15, 0.2) is 132 Å². The summed E-state index contributed by atoms with van der Waals surface area (Å²) in [5, 5.41) is 3.85. The first-order valence-corrected chi connectivity index (χ1v) is 17.7. The molecule has 1 N–H and O–H groups in total. The number of benzene rings is 4. The SMILES string of the molecule is CC1(C)COC(c2ccc(-c3ccc4c(c3)-c3ccccc3[B]c3ccccc3-c3cc(-c5ccc(C6=NC(C)(C)CO6)nc5)ccc3N4)cn2)=N1. The molecule has 5 heterocycles. The highest BCUT2D eigenvalue weighted by molar-refractivity contribution is 6.70. The number of aliphatic imine (C=N–C) groups is 2. The third-order valence-electron chi connectivity index (χ3n) is 9.69. The van der Waals surface area contributed by atoms with Crippen LogP contribution in [0.4, 0.5) is 11.4 Å². The molecule has 0 saturated heterocycles. The van der Waals surface area contributed by atoms with Crippen molar-refractivity contribution in [1.82, 2.24) is 9.97 Å². The Morgan fingerprint density at radius 1 is 0.519 bits per heavy atom. The summed E-state index contributed by atoms with van der Waals surface area (Å²) in [4.78, 5) is 18.9. The second-order valence-corrected chi connectivity index (χ2v) is 14.9. The number of anilines is 2. The van der Waals surface area contributed by atoms with Crippen LogP contribution in [0.1, 0.15) is 39.1 Å². The monoisotopic (exact) mass is 678 g/mol. The van der Waals surface area contributed by atoms with Gasteiger partial charge in [0.15, 0.2) is 7.28 Å². The van der Waals surface area contributed by atoms with Crippen molar-refractivity contribution in [2.75, 3.05) is 18.5 Å². The van der Waals surface area contributed by atoms with Crippen molar-refractivity contribution in [3.05, 3.63) is 133 Å². The Balaban J connectivity index is 1.12. The van der Waals surface area contributed by atoms with Gasteiger partial charge in [-0.3, -0.25) is 9.97 Å². The van der Waals surface area contributed by atoms with Crippen molar-refractivity contribution in [3.63, 3.8) is 0 Å². The summed E-state index contributed by atoms with van der Waals surface area (Å²) in [6.07, 6.45) is 3.81. The van der Waals surface area contributed by atoms with E-state index in [0.717, 1.165) is 78.2 Å². The van der Waals surface area contributed by atoms with Gasteiger partial charge in [-0.25, -0.2) is 9.98 Å². The number of pyridine rings is 2. The highest BCUT2D eigenvalue weighted by Gasteiger charge is 2.29. The van der Waals surface area contributed by atoms with Gasteiger partial charge in [-0.15, -0.1) is 0 Å².